The van der Waals surface area contributed by atoms with Crippen molar-refractivity contribution in [1.82, 2.24) is 19.8 Å². The van der Waals surface area contributed by atoms with E-state index >= 15 is 0 Å². The summed E-state index contributed by atoms with van der Waals surface area (Å²) in [6.07, 6.45) is 1.34. The summed E-state index contributed by atoms with van der Waals surface area (Å²) in [7, 11) is -3.83. The normalized spacial score (nSPS) is 11.8. The lowest BCUT2D eigenvalue weighted by Crippen LogP contribution is -2.38. The van der Waals surface area contributed by atoms with Crippen molar-refractivity contribution in [3.63, 3.8) is 0 Å². The van der Waals surface area contributed by atoms with Gasteiger partial charge in [-0.25, -0.2) is 13.1 Å². The summed E-state index contributed by atoms with van der Waals surface area (Å²) in [6.45, 7) is 6.39. The molecule has 0 saturated heterocycles. The van der Waals surface area contributed by atoms with Crippen LogP contribution in [-0.4, -0.2) is 37.2 Å². The summed E-state index contributed by atoms with van der Waals surface area (Å²) < 4.78 is 27.6. The molecule has 8 nitrogen and oxygen atoms in total. The number of nitrogens with two attached hydrogens (primary N) is 1. The number of sulfonamides is 1. The lowest BCUT2D eigenvalue weighted by atomic mass is 10.2. The fourth-order valence-electron chi connectivity index (χ4n) is 1.41. The number of rotatable bonds is 7. The molecule has 0 aromatic carbocycles. The maximum absolute atomic E-state index is 12.0. The fraction of sp³-hybridized carbons (Fsp3) is 0.636. The first-order valence-corrected chi connectivity index (χ1v) is 7.83. The number of carbonyl (C=O) groups is 1. The minimum absolute atomic E-state index is 0.0815. The molecule has 4 N–H and O–H groups in total. The fourth-order valence-corrected chi connectivity index (χ4v) is 2.46. The van der Waals surface area contributed by atoms with Crippen molar-refractivity contribution in [2.45, 2.75) is 32.2 Å². The van der Waals surface area contributed by atoms with E-state index in [1.165, 1.54) is 10.9 Å². The topological polar surface area (TPSA) is 119 Å². The van der Waals surface area contributed by atoms with Crippen LogP contribution >= 0.6 is 0 Å². The maximum Gasteiger partial charge on any atom is 0.246 e. The molecule has 0 radical (unpaired) electrons. The van der Waals surface area contributed by atoms with Gasteiger partial charge in [0, 0.05) is 19.3 Å². The van der Waals surface area contributed by atoms with Gasteiger partial charge in [-0.2, -0.15) is 5.10 Å². The first-order chi connectivity index (χ1) is 9.26. The highest BCUT2D eigenvalue weighted by molar-refractivity contribution is 7.89. The summed E-state index contributed by atoms with van der Waals surface area (Å²) >= 11 is 0. The van der Waals surface area contributed by atoms with Crippen molar-refractivity contribution in [3.8, 4) is 0 Å². The Kier molecular flexibility index (Phi) is 5.52. The molecule has 1 heterocycles. The van der Waals surface area contributed by atoms with Gasteiger partial charge in [-0.05, 0) is 12.8 Å². The van der Waals surface area contributed by atoms with E-state index in [9.17, 15) is 13.2 Å². The molecule has 0 saturated carbocycles. The summed E-state index contributed by atoms with van der Waals surface area (Å²) in [5, 5.41) is 6.48. The molecular formula is C11H21N5O3S. The Labute approximate surface area is 118 Å². The molecule has 0 aliphatic rings. The van der Waals surface area contributed by atoms with Gasteiger partial charge in [0.2, 0.25) is 15.9 Å². The summed E-state index contributed by atoms with van der Waals surface area (Å²) in [5.74, 6) is -0.167. The van der Waals surface area contributed by atoms with Gasteiger partial charge < -0.3 is 11.1 Å². The van der Waals surface area contributed by atoms with Crippen LogP contribution in [0.25, 0.3) is 0 Å². The zero-order valence-electron chi connectivity index (χ0n) is 11.9. The highest BCUT2D eigenvalue weighted by Crippen LogP contribution is 2.15. The molecule has 1 rings (SSSR count). The van der Waals surface area contributed by atoms with Crippen LogP contribution in [0.5, 0.6) is 0 Å². The van der Waals surface area contributed by atoms with E-state index in [-0.39, 0.29) is 23.2 Å². The number of aromatic nitrogens is 2. The molecule has 1 aromatic rings. The first kappa shape index (κ1) is 16.4. The van der Waals surface area contributed by atoms with Crippen LogP contribution < -0.4 is 15.8 Å². The Morgan fingerprint density at radius 1 is 1.50 bits per heavy atom. The summed E-state index contributed by atoms with van der Waals surface area (Å²) in [5.41, 5.74) is 5.56. The Morgan fingerprint density at radius 2 is 2.15 bits per heavy atom. The summed E-state index contributed by atoms with van der Waals surface area (Å²) in [4.78, 5) is 11.4. The van der Waals surface area contributed by atoms with Crippen molar-refractivity contribution >= 4 is 21.7 Å². The highest BCUT2D eigenvalue weighted by Gasteiger charge is 2.21. The Hall–Kier alpha value is -1.61. The van der Waals surface area contributed by atoms with Gasteiger partial charge >= 0.3 is 0 Å². The van der Waals surface area contributed by atoms with Crippen LogP contribution in [0.2, 0.25) is 0 Å². The van der Waals surface area contributed by atoms with Gasteiger partial charge in [0.15, 0.2) is 5.82 Å². The largest absolute Gasteiger partial charge is 0.381 e. The second-order valence-electron chi connectivity index (χ2n) is 4.76. The predicted octanol–water partition coefficient (Wildman–Crippen LogP) is -0.464. The SMILES string of the molecule is CCn1cc(S(=O)(=O)NCC(=O)NCC(C)C)c(N)n1. The quantitative estimate of drug-likeness (QED) is 0.629. The first-order valence-electron chi connectivity index (χ1n) is 6.35. The third kappa shape index (κ3) is 4.49. The van der Waals surface area contributed by atoms with Crippen molar-refractivity contribution in [2.24, 2.45) is 5.92 Å². The number of amides is 1. The number of nitrogens with zero attached hydrogens (tertiary/aromatic N) is 2. The number of aryl methyl sites for hydroxylation is 1. The smallest absolute Gasteiger partial charge is 0.246 e. The highest BCUT2D eigenvalue weighted by atomic mass is 32.2. The molecule has 0 aliphatic carbocycles. The average molecular weight is 303 g/mol. The number of nitrogen functional groups attached to an aromatic ring is 1. The number of hydrogen-bond acceptors (Lipinski definition) is 5. The monoisotopic (exact) mass is 303 g/mol. The molecule has 1 aromatic heterocycles. The van der Waals surface area contributed by atoms with E-state index in [4.69, 9.17) is 5.73 Å². The van der Waals surface area contributed by atoms with Gasteiger partial charge in [-0.3, -0.25) is 9.48 Å². The van der Waals surface area contributed by atoms with Crippen molar-refractivity contribution in [2.75, 3.05) is 18.8 Å². The van der Waals surface area contributed by atoms with Crippen LogP contribution in [0, 0.1) is 5.92 Å². The second-order valence-corrected chi connectivity index (χ2v) is 6.49. The molecule has 0 fully saturated rings. The van der Waals surface area contributed by atoms with Gasteiger partial charge in [0.25, 0.3) is 0 Å². The van der Waals surface area contributed by atoms with Gasteiger partial charge in [0.05, 0.1) is 6.54 Å². The van der Waals surface area contributed by atoms with Gasteiger partial charge in [-0.1, -0.05) is 13.8 Å². The molecule has 0 atom stereocenters. The molecule has 0 spiro atoms. The molecular weight excluding hydrogens is 282 g/mol. The number of anilines is 1. The lowest BCUT2D eigenvalue weighted by molar-refractivity contribution is -0.120. The standard InChI is InChI=1S/C11H21N5O3S/c1-4-16-7-9(11(12)15-16)20(18,19)14-6-10(17)13-5-8(2)3/h7-8,14H,4-6H2,1-3H3,(H2,12,15)(H,13,17). The maximum atomic E-state index is 12.0. The van der Waals surface area contributed by atoms with Crippen molar-refractivity contribution < 1.29 is 13.2 Å². The Bertz CT molecular complexity index is 565. The minimum Gasteiger partial charge on any atom is -0.381 e. The third-order valence-corrected chi connectivity index (χ3v) is 3.92. The predicted molar refractivity (Wildman–Crippen MR) is 75.3 cm³/mol. The number of hydrogen-bond donors (Lipinski definition) is 3. The van der Waals surface area contributed by atoms with Crippen LogP contribution in [0.3, 0.4) is 0 Å². The molecule has 20 heavy (non-hydrogen) atoms. The Morgan fingerprint density at radius 3 is 2.65 bits per heavy atom. The van der Waals surface area contributed by atoms with E-state index in [0.717, 1.165) is 0 Å². The molecule has 0 bridgehead atoms. The van der Waals surface area contributed by atoms with Crippen LogP contribution in [0.4, 0.5) is 5.82 Å². The third-order valence-electron chi connectivity index (χ3n) is 2.50. The van der Waals surface area contributed by atoms with Crippen molar-refractivity contribution in [3.05, 3.63) is 6.20 Å². The second kappa shape index (κ2) is 6.71. The molecule has 9 heteroatoms. The molecule has 0 unspecified atom stereocenters. The number of nitrogens with one attached hydrogen (secondary N) is 2. The minimum atomic E-state index is -3.83. The van der Waals surface area contributed by atoms with E-state index in [1.54, 1.807) is 0 Å². The van der Waals surface area contributed by atoms with E-state index in [1.807, 2.05) is 20.8 Å². The number of carbonyl (C=O) groups excluding carboxylic acids is 1. The zero-order valence-corrected chi connectivity index (χ0v) is 12.7. The molecule has 1 amide bonds. The Balaban J connectivity index is 2.66. The zero-order chi connectivity index (χ0) is 15.3. The van der Waals surface area contributed by atoms with E-state index < -0.39 is 10.0 Å². The molecule has 0 aliphatic heterocycles. The summed E-state index contributed by atoms with van der Waals surface area (Å²) in [6, 6.07) is 0. The van der Waals surface area contributed by atoms with Crippen LogP contribution in [0.15, 0.2) is 11.1 Å². The van der Waals surface area contributed by atoms with Gasteiger partial charge in [0.1, 0.15) is 4.90 Å². The molecule has 114 valence electrons. The average Bonchev–Trinajstić information content (AvgIpc) is 2.76. The van der Waals surface area contributed by atoms with Crippen LogP contribution in [0.1, 0.15) is 20.8 Å². The van der Waals surface area contributed by atoms with E-state index in [2.05, 4.69) is 15.1 Å². The lowest BCUT2D eigenvalue weighted by Gasteiger charge is -2.08. The van der Waals surface area contributed by atoms with Crippen LogP contribution in [-0.2, 0) is 21.4 Å². The van der Waals surface area contributed by atoms with E-state index in [0.29, 0.717) is 19.0 Å². The van der Waals surface area contributed by atoms with Crippen molar-refractivity contribution in [1.29, 1.82) is 0 Å². The van der Waals surface area contributed by atoms with Gasteiger partial charge in [-0.15, -0.1) is 0 Å².